The van der Waals surface area contributed by atoms with Gasteiger partial charge in [-0.15, -0.1) is 0 Å². The lowest BCUT2D eigenvalue weighted by atomic mass is 10.2. The molecule has 1 aromatic carbocycles. The van der Waals surface area contributed by atoms with Crippen LogP contribution in [0.4, 0.5) is 4.39 Å². The first-order valence-electron chi connectivity index (χ1n) is 5.00. The molecular weight excluding hydrogens is 227 g/mol. The predicted molar refractivity (Wildman–Crippen MR) is 59.1 cm³/mol. The second-order valence-electron chi connectivity index (χ2n) is 3.54. The zero-order valence-corrected chi connectivity index (χ0v) is 9.18. The van der Waals surface area contributed by atoms with Crippen LogP contribution in [0, 0.1) is 0 Å². The highest BCUT2D eigenvalue weighted by Crippen LogP contribution is 2.26. The Morgan fingerprint density at radius 3 is 3.00 bits per heavy atom. The van der Waals surface area contributed by atoms with E-state index in [-0.39, 0.29) is 17.9 Å². The predicted octanol–water partition coefficient (Wildman–Crippen LogP) is 1.62. The SMILES string of the molecule is Cn1cnc2c(OCCF)cc(C(=O)O)cc21. The normalized spacial score (nSPS) is 10.7. The Kier molecular flexibility index (Phi) is 2.95. The number of aryl methyl sites for hydroxylation is 1. The highest BCUT2D eigenvalue weighted by molar-refractivity contribution is 5.95. The van der Waals surface area contributed by atoms with Crippen LogP contribution in [0.3, 0.4) is 0 Å². The Balaban J connectivity index is 2.58. The number of benzene rings is 1. The van der Waals surface area contributed by atoms with Crippen molar-refractivity contribution < 1.29 is 19.0 Å². The number of aromatic nitrogens is 2. The highest BCUT2D eigenvalue weighted by Gasteiger charge is 2.13. The Morgan fingerprint density at radius 2 is 2.35 bits per heavy atom. The van der Waals surface area contributed by atoms with Crippen LogP contribution >= 0.6 is 0 Å². The summed E-state index contributed by atoms with van der Waals surface area (Å²) in [6, 6.07) is 2.86. The summed E-state index contributed by atoms with van der Waals surface area (Å²) in [5.41, 5.74) is 1.26. The van der Waals surface area contributed by atoms with Gasteiger partial charge in [0, 0.05) is 7.05 Å². The lowest BCUT2D eigenvalue weighted by molar-refractivity contribution is 0.0696. The molecule has 0 spiro atoms. The first-order valence-corrected chi connectivity index (χ1v) is 5.00. The number of halogens is 1. The zero-order chi connectivity index (χ0) is 12.4. The van der Waals surface area contributed by atoms with Crippen molar-refractivity contribution in [2.24, 2.45) is 7.05 Å². The molecule has 0 radical (unpaired) electrons. The molecule has 0 aliphatic heterocycles. The van der Waals surface area contributed by atoms with E-state index < -0.39 is 12.6 Å². The summed E-state index contributed by atoms with van der Waals surface area (Å²) >= 11 is 0. The van der Waals surface area contributed by atoms with Crippen LogP contribution in [0.1, 0.15) is 10.4 Å². The fourth-order valence-electron chi connectivity index (χ4n) is 1.58. The van der Waals surface area contributed by atoms with E-state index in [1.807, 2.05) is 0 Å². The summed E-state index contributed by atoms with van der Waals surface area (Å²) in [6.07, 6.45) is 1.55. The summed E-state index contributed by atoms with van der Waals surface area (Å²) < 4.78 is 18.9. The number of carboxylic acid groups (broad SMARTS) is 1. The van der Waals surface area contributed by atoms with Crippen molar-refractivity contribution in [2.75, 3.05) is 13.3 Å². The number of carbonyl (C=O) groups is 1. The standard InChI is InChI=1S/C11H11FN2O3/c1-14-6-13-10-8(14)4-7(11(15)16)5-9(10)17-3-2-12/h4-6H,2-3H2,1H3,(H,15,16). The van der Waals surface area contributed by atoms with E-state index in [1.165, 1.54) is 12.1 Å². The molecule has 1 heterocycles. The van der Waals surface area contributed by atoms with Crippen LogP contribution in [0.2, 0.25) is 0 Å². The molecule has 0 saturated carbocycles. The van der Waals surface area contributed by atoms with Gasteiger partial charge in [0.05, 0.1) is 17.4 Å². The van der Waals surface area contributed by atoms with E-state index in [1.54, 1.807) is 17.9 Å². The van der Waals surface area contributed by atoms with Crippen molar-refractivity contribution in [3.8, 4) is 5.75 Å². The molecule has 2 aromatic rings. The molecule has 0 atom stereocenters. The molecule has 0 aliphatic carbocycles. The number of carboxylic acids is 1. The van der Waals surface area contributed by atoms with E-state index in [0.717, 1.165) is 0 Å². The molecular formula is C11H11FN2O3. The lowest BCUT2D eigenvalue weighted by Crippen LogP contribution is -2.03. The van der Waals surface area contributed by atoms with Crippen molar-refractivity contribution in [3.63, 3.8) is 0 Å². The molecule has 0 fully saturated rings. The number of imidazole rings is 1. The number of nitrogens with zero attached hydrogens (tertiary/aromatic N) is 2. The average molecular weight is 238 g/mol. The van der Waals surface area contributed by atoms with Gasteiger partial charge in [0.25, 0.3) is 0 Å². The van der Waals surface area contributed by atoms with Gasteiger partial charge in [-0.25, -0.2) is 14.2 Å². The molecule has 1 N–H and O–H groups in total. The van der Waals surface area contributed by atoms with Gasteiger partial charge < -0.3 is 14.4 Å². The summed E-state index contributed by atoms with van der Waals surface area (Å²) in [7, 11) is 1.75. The van der Waals surface area contributed by atoms with E-state index in [9.17, 15) is 9.18 Å². The largest absolute Gasteiger partial charge is 0.488 e. The van der Waals surface area contributed by atoms with Gasteiger partial charge in [-0.2, -0.15) is 0 Å². The Morgan fingerprint density at radius 1 is 1.59 bits per heavy atom. The molecule has 0 saturated heterocycles. The minimum Gasteiger partial charge on any atom is -0.488 e. The van der Waals surface area contributed by atoms with Crippen LogP contribution in [0.5, 0.6) is 5.75 Å². The molecule has 0 aliphatic rings. The number of fused-ring (bicyclic) bond motifs is 1. The number of aromatic carboxylic acids is 1. The smallest absolute Gasteiger partial charge is 0.335 e. The molecule has 5 nitrogen and oxygen atoms in total. The summed E-state index contributed by atoms with van der Waals surface area (Å²) in [5, 5.41) is 8.96. The molecule has 90 valence electrons. The molecule has 2 rings (SSSR count). The first kappa shape index (κ1) is 11.4. The molecule has 17 heavy (non-hydrogen) atoms. The highest BCUT2D eigenvalue weighted by atomic mass is 19.1. The molecule has 1 aromatic heterocycles. The van der Waals surface area contributed by atoms with E-state index in [0.29, 0.717) is 11.0 Å². The first-order chi connectivity index (χ1) is 8.13. The third-order valence-electron chi connectivity index (χ3n) is 2.38. The summed E-state index contributed by atoms with van der Waals surface area (Å²) in [6.45, 7) is -0.750. The van der Waals surface area contributed by atoms with Gasteiger partial charge >= 0.3 is 5.97 Å². The molecule has 0 bridgehead atoms. The van der Waals surface area contributed by atoms with Gasteiger partial charge in [-0.1, -0.05) is 0 Å². The van der Waals surface area contributed by atoms with Gasteiger partial charge in [-0.05, 0) is 12.1 Å². The van der Waals surface area contributed by atoms with Crippen LogP contribution in [-0.2, 0) is 7.05 Å². The number of alkyl halides is 1. The van der Waals surface area contributed by atoms with Crippen molar-refractivity contribution in [3.05, 3.63) is 24.0 Å². The summed E-state index contributed by atoms with van der Waals surface area (Å²) in [4.78, 5) is 15.0. The monoisotopic (exact) mass is 238 g/mol. The van der Waals surface area contributed by atoms with Crippen molar-refractivity contribution >= 4 is 17.0 Å². The van der Waals surface area contributed by atoms with Crippen LogP contribution in [-0.4, -0.2) is 33.9 Å². The maximum atomic E-state index is 12.1. The second-order valence-corrected chi connectivity index (χ2v) is 3.54. The lowest BCUT2D eigenvalue weighted by Gasteiger charge is -2.06. The minimum atomic E-state index is -1.06. The third-order valence-corrected chi connectivity index (χ3v) is 2.38. The fraction of sp³-hybridized carbons (Fsp3) is 0.273. The third kappa shape index (κ3) is 2.06. The van der Waals surface area contributed by atoms with Crippen LogP contribution in [0.25, 0.3) is 11.0 Å². The van der Waals surface area contributed by atoms with Crippen molar-refractivity contribution in [2.45, 2.75) is 0 Å². The molecule has 0 amide bonds. The maximum absolute atomic E-state index is 12.1. The van der Waals surface area contributed by atoms with E-state index >= 15 is 0 Å². The van der Waals surface area contributed by atoms with Crippen LogP contribution in [0.15, 0.2) is 18.5 Å². The number of hydrogen-bond acceptors (Lipinski definition) is 3. The Bertz CT molecular complexity index is 565. The Hall–Kier alpha value is -2.11. The number of ether oxygens (including phenoxy) is 1. The number of hydrogen-bond donors (Lipinski definition) is 1. The molecule has 6 heteroatoms. The van der Waals surface area contributed by atoms with Gasteiger partial charge in [0.1, 0.15) is 24.5 Å². The topological polar surface area (TPSA) is 64.4 Å². The van der Waals surface area contributed by atoms with Gasteiger partial charge in [-0.3, -0.25) is 0 Å². The Labute approximate surface area is 96.4 Å². The van der Waals surface area contributed by atoms with Gasteiger partial charge in [0.15, 0.2) is 0 Å². The number of rotatable bonds is 4. The quantitative estimate of drug-likeness (QED) is 0.879. The zero-order valence-electron chi connectivity index (χ0n) is 9.18. The van der Waals surface area contributed by atoms with Crippen molar-refractivity contribution in [1.82, 2.24) is 9.55 Å². The van der Waals surface area contributed by atoms with Crippen molar-refractivity contribution in [1.29, 1.82) is 0 Å². The molecule has 0 unspecified atom stereocenters. The van der Waals surface area contributed by atoms with Crippen LogP contribution < -0.4 is 4.74 Å². The minimum absolute atomic E-state index is 0.0926. The van der Waals surface area contributed by atoms with E-state index in [2.05, 4.69) is 4.98 Å². The van der Waals surface area contributed by atoms with Gasteiger partial charge in [0.2, 0.25) is 0 Å². The van der Waals surface area contributed by atoms with E-state index in [4.69, 9.17) is 9.84 Å². The maximum Gasteiger partial charge on any atom is 0.335 e. The average Bonchev–Trinajstić information content (AvgIpc) is 2.68. The summed E-state index contributed by atoms with van der Waals surface area (Å²) in [5.74, 6) is -0.767. The fourth-order valence-corrected chi connectivity index (χ4v) is 1.58. The second kappa shape index (κ2) is 4.40.